The van der Waals surface area contributed by atoms with Gasteiger partial charge in [-0.2, -0.15) is 0 Å². The minimum atomic E-state index is -0.250. The summed E-state index contributed by atoms with van der Waals surface area (Å²) in [4.78, 5) is 16.6. The van der Waals surface area contributed by atoms with E-state index in [9.17, 15) is 9.18 Å². The van der Waals surface area contributed by atoms with Crippen molar-refractivity contribution >= 4 is 5.78 Å². The van der Waals surface area contributed by atoms with E-state index >= 15 is 0 Å². The van der Waals surface area contributed by atoms with Gasteiger partial charge in [-0.25, -0.2) is 4.39 Å². The van der Waals surface area contributed by atoms with Gasteiger partial charge in [-0.1, -0.05) is 12.1 Å². The maximum atomic E-state index is 12.9. The van der Waals surface area contributed by atoms with Crippen LogP contribution in [0.1, 0.15) is 39.5 Å². The Morgan fingerprint density at radius 2 is 1.89 bits per heavy atom. The van der Waals surface area contributed by atoms with Gasteiger partial charge >= 0.3 is 0 Å². The third-order valence-electron chi connectivity index (χ3n) is 3.73. The highest BCUT2D eigenvalue weighted by molar-refractivity contribution is 6.00. The quantitative estimate of drug-likeness (QED) is 0.781. The minimum Gasteiger partial charge on any atom is -0.294 e. The van der Waals surface area contributed by atoms with E-state index in [0.717, 1.165) is 28.8 Å². The average molecular weight is 255 g/mol. The number of nitrogens with zero attached hydrogens (tertiary/aromatic N) is 1. The molecule has 0 aliphatic heterocycles. The Morgan fingerprint density at radius 3 is 2.63 bits per heavy atom. The number of ketones is 1. The Bertz CT molecular complexity index is 634. The molecule has 0 saturated carbocycles. The molecule has 0 saturated heterocycles. The number of halogens is 1. The second-order valence-corrected chi connectivity index (χ2v) is 5.03. The molecule has 0 bridgehead atoms. The number of rotatable bonds is 1. The van der Waals surface area contributed by atoms with Crippen LogP contribution in [-0.2, 0) is 6.42 Å². The number of carbonyl (C=O) groups is 1. The van der Waals surface area contributed by atoms with Crippen LogP contribution in [0.3, 0.4) is 0 Å². The molecule has 1 aromatic heterocycles. The monoisotopic (exact) mass is 255 g/mol. The van der Waals surface area contributed by atoms with E-state index in [4.69, 9.17) is 0 Å². The molecule has 0 radical (unpaired) electrons. The molecule has 1 aliphatic carbocycles. The fraction of sp³-hybridized carbons (Fsp3) is 0.250. The highest BCUT2D eigenvalue weighted by atomic mass is 19.1. The Balaban J connectivity index is 1.97. The molecule has 96 valence electrons. The van der Waals surface area contributed by atoms with E-state index in [1.165, 1.54) is 12.1 Å². The molecule has 1 aromatic carbocycles. The van der Waals surface area contributed by atoms with Gasteiger partial charge in [0, 0.05) is 18.2 Å². The average Bonchev–Trinajstić information content (AvgIpc) is 2.39. The lowest BCUT2D eigenvalue weighted by Gasteiger charge is -2.24. The first-order valence-electron chi connectivity index (χ1n) is 6.38. The SMILES string of the molecule is Cc1ccnc2c1C(=O)CC(c1ccc(F)cc1)C2. The van der Waals surface area contributed by atoms with Crippen LogP contribution in [-0.4, -0.2) is 10.8 Å². The number of fused-ring (bicyclic) bond motifs is 1. The van der Waals surface area contributed by atoms with Gasteiger partial charge in [0.2, 0.25) is 0 Å². The van der Waals surface area contributed by atoms with Gasteiger partial charge in [0.25, 0.3) is 0 Å². The number of benzene rings is 1. The molecule has 1 aliphatic rings. The number of hydrogen-bond acceptors (Lipinski definition) is 2. The second kappa shape index (κ2) is 4.57. The number of carbonyl (C=O) groups excluding carboxylic acids is 1. The first kappa shape index (κ1) is 12.0. The summed E-state index contributed by atoms with van der Waals surface area (Å²) in [6, 6.07) is 8.27. The molecule has 0 spiro atoms. The molecule has 1 atom stereocenters. The molecular weight excluding hydrogens is 241 g/mol. The summed E-state index contributed by atoms with van der Waals surface area (Å²) in [6.07, 6.45) is 2.97. The Hall–Kier alpha value is -2.03. The summed E-state index contributed by atoms with van der Waals surface area (Å²) in [5.74, 6) is -0.00340. The van der Waals surface area contributed by atoms with Gasteiger partial charge in [0.05, 0.1) is 5.69 Å². The van der Waals surface area contributed by atoms with Crippen LogP contribution in [0.4, 0.5) is 4.39 Å². The molecule has 0 fully saturated rings. The minimum absolute atomic E-state index is 0.106. The summed E-state index contributed by atoms with van der Waals surface area (Å²) >= 11 is 0. The zero-order valence-corrected chi connectivity index (χ0v) is 10.7. The van der Waals surface area contributed by atoms with Crippen LogP contribution in [0.5, 0.6) is 0 Å². The predicted molar refractivity (Wildman–Crippen MR) is 70.8 cm³/mol. The molecule has 19 heavy (non-hydrogen) atoms. The van der Waals surface area contributed by atoms with Crippen molar-refractivity contribution in [3.63, 3.8) is 0 Å². The van der Waals surface area contributed by atoms with Crippen molar-refractivity contribution in [3.05, 3.63) is 64.7 Å². The topological polar surface area (TPSA) is 30.0 Å². The molecule has 3 rings (SSSR count). The number of hydrogen-bond donors (Lipinski definition) is 0. The maximum absolute atomic E-state index is 12.9. The molecule has 2 nitrogen and oxygen atoms in total. The van der Waals surface area contributed by atoms with E-state index in [2.05, 4.69) is 4.98 Å². The number of aromatic nitrogens is 1. The highest BCUT2D eigenvalue weighted by Crippen LogP contribution is 2.32. The van der Waals surface area contributed by atoms with Crippen LogP contribution in [0.25, 0.3) is 0 Å². The van der Waals surface area contributed by atoms with Crippen molar-refractivity contribution < 1.29 is 9.18 Å². The highest BCUT2D eigenvalue weighted by Gasteiger charge is 2.28. The van der Waals surface area contributed by atoms with E-state index < -0.39 is 0 Å². The predicted octanol–water partition coefficient (Wildman–Crippen LogP) is 3.44. The first-order valence-corrected chi connectivity index (χ1v) is 6.38. The smallest absolute Gasteiger partial charge is 0.165 e. The zero-order chi connectivity index (χ0) is 13.4. The van der Waals surface area contributed by atoms with Crippen LogP contribution < -0.4 is 0 Å². The van der Waals surface area contributed by atoms with Crippen molar-refractivity contribution in [2.45, 2.75) is 25.7 Å². The fourth-order valence-electron chi connectivity index (χ4n) is 2.75. The van der Waals surface area contributed by atoms with E-state index in [-0.39, 0.29) is 17.5 Å². The normalized spacial score (nSPS) is 18.2. The maximum Gasteiger partial charge on any atom is 0.165 e. The Labute approximate surface area is 111 Å². The van der Waals surface area contributed by atoms with Crippen molar-refractivity contribution in [1.82, 2.24) is 4.98 Å². The fourth-order valence-corrected chi connectivity index (χ4v) is 2.75. The Morgan fingerprint density at radius 1 is 1.16 bits per heavy atom. The molecule has 3 heteroatoms. The van der Waals surface area contributed by atoms with Gasteiger partial charge in [0.15, 0.2) is 5.78 Å². The van der Waals surface area contributed by atoms with Crippen LogP contribution in [0.15, 0.2) is 36.5 Å². The van der Waals surface area contributed by atoms with Crippen molar-refractivity contribution in [2.24, 2.45) is 0 Å². The van der Waals surface area contributed by atoms with E-state index in [1.807, 2.05) is 13.0 Å². The lowest BCUT2D eigenvalue weighted by Crippen LogP contribution is -2.21. The number of Topliss-reactive ketones (excluding diaryl/α,β-unsaturated/α-hetero) is 1. The molecule has 0 N–H and O–H groups in total. The van der Waals surface area contributed by atoms with Gasteiger partial charge in [-0.05, 0) is 48.6 Å². The lowest BCUT2D eigenvalue weighted by atomic mass is 9.80. The van der Waals surface area contributed by atoms with Gasteiger partial charge in [-0.3, -0.25) is 9.78 Å². The summed E-state index contributed by atoms with van der Waals surface area (Å²) in [5.41, 5.74) is 3.64. The largest absolute Gasteiger partial charge is 0.294 e. The molecule has 0 amide bonds. The summed E-state index contributed by atoms with van der Waals surface area (Å²) < 4.78 is 12.9. The Kier molecular flexibility index (Phi) is 2.90. The van der Waals surface area contributed by atoms with Crippen LogP contribution in [0, 0.1) is 12.7 Å². The van der Waals surface area contributed by atoms with Gasteiger partial charge in [-0.15, -0.1) is 0 Å². The standard InChI is InChI=1S/C16H14FNO/c1-10-6-7-18-14-8-12(9-15(19)16(10)14)11-2-4-13(17)5-3-11/h2-7,12H,8-9H2,1H3. The van der Waals surface area contributed by atoms with Crippen molar-refractivity contribution in [3.8, 4) is 0 Å². The summed E-state index contributed by atoms with van der Waals surface area (Å²) in [7, 11) is 0. The van der Waals surface area contributed by atoms with Crippen molar-refractivity contribution in [1.29, 1.82) is 0 Å². The van der Waals surface area contributed by atoms with Gasteiger partial charge < -0.3 is 0 Å². The number of pyridine rings is 1. The van der Waals surface area contributed by atoms with Crippen LogP contribution >= 0.6 is 0 Å². The summed E-state index contributed by atoms with van der Waals surface area (Å²) in [6.45, 7) is 1.94. The molecule has 2 aromatic rings. The zero-order valence-electron chi connectivity index (χ0n) is 10.7. The molecule has 1 heterocycles. The first-order chi connectivity index (χ1) is 9.15. The second-order valence-electron chi connectivity index (χ2n) is 5.03. The third kappa shape index (κ3) is 2.16. The molecule has 1 unspecified atom stereocenters. The van der Waals surface area contributed by atoms with Gasteiger partial charge in [0.1, 0.15) is 5.82 Å². The summed E-state index contributed by atoms with van der Waals surface area (Å²) in [5, 5.41) is 0. The third-order valence-corrected chi connectivity index (χ3v) is 3.73. The lowest BCUT2D eigenvalue weighted by molar-refractivity contribution is 0.0962. The van der Waals surface area contributed by atoms with E-state index in [0.29, 0.717) is 6.42 Å². The van der Waals surface area contributed by atoms with Crippen LogP contribution in [0.2, 0.25) is 0 Å². The van der Waals surface area contributed by atoms with E-state index in [1.54, 1.807) is 18.3 Å². The molecular formula is C16H14FNO. The van der Waals surface area contributed by atoms with Crippen molar-refractivity contribution in [2.75, 3.05) is 0 Å². The number of aryl methyl sites for hydroxylation is 1.